The molecule has 0 radical (unpaired) electrons. The lowest BCUT2D eigenvalue weighted by atomic mass is 9.72. The Morgan fingerprint density at radius 3 is 2.94 bits per heavy atom. The number of hydrazine groups is 1. The van der Waals surface area contributed by atoms with Crippen molar-refractivity contribution in [2.75, 3.05) is 0 Å². The van der Waals surface area contributed by atoms with E-state index in [1.165, 1.54) is 16.7 Å². The second-order valence-electron chi connectivity index (χ2n) is 4.62. The molecule has 3 rings (SSSR count). The average molecular weight is 228 g/mol. The minimum absolute atomic E-state index is 0.280. The molecule has 1 aliphatic rings. The summed E-state index contributed by atoms with van der Waals surface area (Å²) < 4.78 is 5.09. The molecule has 2 unspecified atom stereocenters. The molecule has 88 valence electrons. The van der Waals surface area contributed by atoms with Crippen molar-refractivity contribution in [3.63, 3.8) is 0 Å². The van der Waals surface area contributed by atoms with E-state index in [0.717, 1.165) is 12.8 Å². The highest BCUT2D eigenvalue weighted by Crippen LogP contribution is 2.37. The lowest BCUT2D eigenvalue weighted by Crippen LogP contribution is -2.45. The molecule has 0 amide bonds. The van der Waals surface area contributed by atoms with Crippen LogP contribution in [0.4, 0.5) is 0 Å². The molecule has 0 fully saturated rings. The van der Waals surface area contributed by atoms with Crippen LogP contribution in [0, 0.1) is 0 Å². The van der Waals surface area contributed by atoms with Gasteiger partial charge in [0, 0.05) is 12.0 Å². The fraction of sp³-hybridized carbons (Fsp3) is 0.286. The molecule has 1 aromatic heterocycles. The highest BCUT2D eigenvalue weighted by Gasteiger charge is 2.32. The van der Waals surface area contributed by atoms with Crippen molar-refractivity contribution in [3.05, 3.63) is 59.5 Å². The van der Waals surface area contributed by atoms with Gasteiger partial charge in [-0.2, -0.15) is 0 Å². The van der Waals surface area contributed by atoms with E-state index in [9.17, 15) is 0 Å². The van der Waals surface area contributed by atoms with Crippen molar-refractivity contribution in [2.45, 2.75) is 24.8 Å². The van der Waals surface area contributed by atoms with Crippen molar-refractivity contribution in [1.82, 2.24) is 5.43 Å². The number of rotatable bonds is 4. The third-order valence-corrected chi connectivity index (χ3v) is 3.63. The van der Waals surface area contributed by atoms with E-state index in [-0.39, 0.29) is 6.04 Å². The van der Waals surface area contributed by atoms with Crippen LogP contribution < -0.4 is 11.3 Å². The van der Waals surface area contributed by atoms with Gasteiger partial charge < -0.3 is 4.42 Å². The first-order chi connectivity index (χ1) is 8.38. The van der Waals surface area contributed by atoms with Gasteiger partial charge in [0.2, 0.25) is 0 Å². The predicted molar refractivity (Wildman–Crippen MR) is 66.4 cm³/mol. The molecule has 0 saturated carbocycles. The van der Waals surface area contributed by atoms with Gasteiger partial charge in [-0.3, -0.25) is 11.3 Å². The Hall–Kier alpha value is -1.58. The van der Waals surface area contributed by atoms with Gasteiger partial charge >= 0.3 is 0 Å². The fourth-order valence-corrected chi connectivity index (χ4v) is 2.64. The molecular formula is C14H16N2O. The van der Waals surface area contributed by atoms with Crippen LogP contribution in [0.1, 0.15) is 22.6 Å². The van der Waals surface area contributed by atoms with E-state index in [2.05, 4.69) is 29.7 Å². The van der Waals surface area contributed by atoms with Crippen LogP contribution >= 0.6 is 0 Å². The van der Waals surface area contributed by atoms with Gasteiger partial charge in [-0.1, -0.05) is 24.3 Å². The lowest BCUT2D eigenvalue weighted by molar-refractivity contribution is 0.402. The first kappa shape index (κ1) is 10.6. The number of hydrogen-bond donors (Lipinski definition) is 2. The summed E-state index contributed by atoms with van der Waals surface area (Å²) >= 11 is 0. The third-order valence-electron chi connectivity index (χ3n) is 3.63. The molecule has 1 aliphatic carbocycles. The maximum absolute atomic E-state index is 5.68. The number of fused-ring (bicyclic) bond motifs is 1. The number of nitrogens with one attached hydrogen (secondary N) is 1. The monoisotopic (exact) mass is 228 g/mol. The molecule has 1 aromatic carbocycles. The van der Waals surface area contributed by atoms with Gasteiger partial charge in [-0.25, -0.2) is 0 Å². The summed E-state index contributed by atoms with van der Waals surface area (Å²) in [7, 11) is 0. The zero-order chi connectivity index (χ0) is 11.7. The summed E-state index contributed by atoms with van der Waals surface area (Å²) in [6.45, 7) is 0. The lowest BCUT2D eigenvalue weighted by Gasteiger charge is -2.36. The standard InChI is InChI=1S/C14H16N2O/c15-16-14(7-10-5-6-17-9-10)13-8-11-3-1-2-4-12(11)13/h1-6,9,13-14,16H,7-8,15H2. The molecule has 1 heterocycles. The van der Waals surface area contributed by atoms with Crippen LogP contribution in [0.3, 0.4) is 0 Å². The maximum atomic E-state index is 5.68. The summed E-state index contributed by atoms with van der Waals surface area (Å²) in [6.07, 6.45) is 5.52. The second-order valence-corrected chi connectivity index (χ2v) is 4.62. The van der Waals surface area contributed by atoms with E-state index >= 15 is 0 Å². The SMILES string of the molecule is NNC(Cc1ccoc1)C1Cc2ccccc21. The van der Waals surface area contributed by atoms with Crippen molar-refractivity contribution in [1.29, 1.82) is 0 Å². The van der Waals surface area contributed by atoms with Crippen LogP contribution in [-0.4, -0.2) is 6.04 Å². The predicted octanol–water partition coefficient (Wildman–Crippen LogP) is 1.99. The topological polar surface area (TPSA) is 51.2 Å². The Morgan fingerprint density at radius 2 is 2.24 bits per heavy atom. The average Bonchev–Trinajstić information content (AvgIpc) is 2.82. The first-order valence-electron chi connectivity index (χ1n) is 5.93. The quantitative estimate of drug-likeness (QED) is 0.621. The summed E-state index contributed by atoms with van der Waals surface area (Å²) in [4.78, 5) is 0. The third kappa shape index (κ3) is 1.88. The molecule has 0 bridgehead atoms. The van der Waals surface area contributed by atoms with Gasteiger partial charge in [0.05, 0.1) is 12.5 Å². The summed E-state index contributed by atoms with van der Waals surface area (Å²) in [5.41, 5.74) is 7.01. The largest absolute Gasteiger partial charge is 0.472 e. The number of benzene rings is 1. The van der Waals surface area contributed by atoms with E-state index in [0.29, 0.717) is 5.92 Å². The smallest absolute Gasteiger partial charge is 0.0935 e. The molecule has 3 nitrogen and oxygen atoms in total. The van der Waals surface area contributed by atoms with Gasteiger partial charge in [0.15, 0.2) is 0 Å². The molecule has 0 spiro atoms. The van der Waals surface area contributed by atoms with Gasteiger partial charge in [0.1, 0.15) is 0 Å². The molecule has 2 atom stereocenters. The number of nitrogens with two attached hydrogens (primary N) is 1. The minimum atomic E-state index is 0.280. The van der Waals surface area contributed by atoms with Gasteiger partial charge in [-0.05, 0) is 35.6 Å². The number of hydrogen-bond acceptors (Lipinski definition) is 3. The van der Waals surface area contributed by atoms with Gasteiger partial charge in [-0.15, -0.1) is 0 Å². The Morgan fingerprint density at radius 1 is 1.35 bits per heavy atom. The highest BCUT2D eigenvalue weighted by molar-refractivity contribution is 5.41. The molecule has 2 aromatic rings. The van der Waals surface area contributed by atoms with Crippen molar-refractivity contribution < 1.29 is 4.42 Å². The van der Waals surface area contributed by atoms with Crippen LogP contribution in [0.25, 0.3) is 0 Å². The van der Waals surface area contributed by atoms with Crippen LogP contribution in [0.5, 0.6) is 0 Å². The minimum Gasteiger partial charge on any atom is -0.472 e. The zero-order valence-corrected chi connectivity index (χ0v) is 9.60. The van der Waals surface area contributed by atoms with Crippen LogP contribution in [0.2, 0.25) is 0 Å². The Bertz CT molecular complexity index is 493. The van der Waals surface area contributed by atoms with E-state index in [1.807, 2.05) is 6.07 Å². The summed E-state index contributed by atoms with van der Waals surface area (Å²) in [5.74, 6) is 6.20. The Kier molecular flexibility index (Phi) is 2.71. The van der Waals surface area contributed by atoms with E-state index in [1.54, 1.807) is 12.5 Å². The van der Waals surface area contributed by atoms with Crippen LogP contribution in [0.15, 0.2) is 47.3 Å². The number of furan rings is 1. The molecule has 17 heavy (non-hydrogen) atoms. The zero-order valence-electron chi connectivity index (χ0n) is 9.60. The van der Waals surface area contributed by atoms with Gasteiger partial charge in [0.25, 0.3) is 0 Å². The van der Waals surface area contributed by atoms with Crippen molar-refractivity contribution in [2.24, 2.45) is 5.84 Å². The Labute approximate surface area is 101 Å². The summed E-state index contributed by atoms with van der Waals surface area (Å²) in [5, 5.41) is 0. The second kappa shape index (κ2) is 4.35. The Balaban J connectivity index is 1.76. The molecule has 0 aliphatic heterocycles. The van der Waals surface area contributed by atoms with Crippen molar-refractivity contribution >= 4 is 0 Å². The molecular weight excluding hydrogens is 212 g/mol. The van der Waals surface area contributed by atoms with Crippen LogP contribution in [-0.2, 0) is 12.8 Å². The maximum Gasteiger partial charge on any atom is 0.0935 e. The normalized spacial score (nSPS) is 19.5. The first-order valence-corrected chi connectivity index (χ1v) is 5.93. The van der Waals surface area contributed by atoms with E-state index in [4.69, 9.17) is 10.3 Å². The highest BCUT2D eigenvalue weighted by atomic mass is 16.3. The van der Waals surface area contributed by atoms with E-state index < -0.39 is 0 Å². The van der Waals surface area contributed by atoms with Crippen molar-refractivity contribution in [3.8, 4) is 0 Å². The molecule has 0 saturated heterocycles. The molecule has 3 heteroatoms. The molecule has 3 N–H and O–H groups in total. The fourth-order valence-electron chi connectivity index (χ4n) is 2.64. The summed E-state index contributed by atoms with van der Waals surface area (Å²) in [6, 6.07) is 10.9.